The Morgan fingerprint density at radius 3 is 2.39 bits per heavy atom. The normalized spacial score (nSPS) is 14.8. The van der Waals surface area contributed by atoms with E-state index in [1.165, 1.54) is 18.2 Å². The summed E-state index contributed by atoms with van der Waals surface area (Å²) >= 11 is 11.9. The highest BCUT2D eigenvalue weighted by Gasteiger charge is 2.39. The Morgan fingerprint density at radius 1 is 1.04 bits per heavy atom. The van der Waals surface area contributed by atoms with Gasteiger partial charge in [-0.05, 0) is 29.8 Å². The standard InChI is InChI=1S/C16H10Cl2N2O3/c17-10-1-2-11(12(18)7-10)13-14(21)16(23)20(15(13)22)8-9-3-5-19-6-4-9/h1-7,21H,8H2. The van der Waals surface area contributed by atoms with Gasteiger partial charge in [-0.25, -0.2) is 0 Å². The molecule has 2 aromatic rings. The second-order valence-corrected chi connectivity index (χ2v) is 5.74. The molecule has 0 bridgehead atoms. The summed E-state index contributed by atoms with van der Waals surface area (Å²) in [4.78, 5) is 29.6. The van der Waals surface area contributed by atoms with Crippen LogP contribution in [0.25, 0.3) is 5.57 Å². The van der Waals surface area contributed by atoms with Crippen LogP contribution >= 0.6 is 23.2 Å². The molecule has 0 unspecified atom stereocenters. The third-order valence-corrected chi connectivity index (χ3v) is 3.98. The predicted molar refractivity (Wildman–Crippen MR) is 85.8 cm³/mol. The van der Waals surface area contributed by atoms with E-state index in [0.717, 1.165) is 10.5 Å². The van der Waals surface area contributed by atoms with Crippen molar-refractivity contribution in [2.24, 2.45) is 0 Å². The second kappa shape index (κ2) is 6.02. The van der Waals surface area contributed by atoms with Crippen molar-refractivity contribution in [2.75, 3.05) is 0 Å². The Balaban J connectivity index is 1.96. The third kappa shape index (κ3) is 2.81. The molecule has 0 saturated carbocycles. The van der Waals surface area contributed by atoms with E-state index in [0.29, 0.717) is 5.02 Å². The highest BCUT2D eigenvalue weighted by molar-refractivity contribution is 6.40. The summed E-state index contributed by atoms with van der Waals surface area (Å²) < 4.78 is 0. The first-order valence-corrected chi connectivity index (χ1v) is 7.38. The predicted octanol–water partition coefficient (Wildman–Crippen LogP) is 3.23. The number of carbonyl (C=O) groups excluding carboxylic acids is 2. The van der Waals surface area contributed by atoms with Crippen LogP contribution in [0.3, 0.4) is 0 Å². The van der Waals surface area contributed by atoms with Gasteiger partial charge >= 0.3 is 0 Å². The zero-order valence-electron chi connectivity index (χ0n) is 11.7. The van der Waals surface area contributed by atoms with Crippen LogP contribution in [0.2, 0.25) is 10.0 Å². The molecule has 1 aliphatic heterocycles. The lowest BCUT2D eigenvalue weighted by Crippen LogP contribution is -2.31. The average molecular weight is 349 g/mol. The van der Waals surface area contributed by atoms with E-state index in [9.17, 15) is 14.7 Å². The number of pyridine rings is 1. The van der Waals surface area contributed by atoms with Gasteiger partial charge in [0.2, 0.25) is 0 Å². The topological polar surface area (TPSA) is 70.5 Å². The number of hydrogen-bond donors (Lipinski definition) is 1. The summed E-state index contributed by atoms with van der Waals surface area (Å²) in [6.45, 7) is 0.0406. The van der Waals surface area contributed by atoms with Crippen molar-refractivity contribution < 1.29 is 14.7 Å². The van der Waals surface area contributed by atoms with Crippen LogP contribution in [0.1, 0.15) is 11.1 Å². The van der Waals surface area contributed by atoms with Gasteiger partial charge in [0.1, 0.15) is 0 Å². The number of imide groups is 1. The Bertz CT molecular complexity index is 834. The molecule has 0 fully saturated rings. The Hall–Kier alpha value is -2.37. The van der Waals surface area contributed by atoms with Gasteiger partial charge in [-0.15, -0.1) is 0 Å². The maximum Gasteiger partial charge on any atom is 0.296 e. The summed E-state index contributed by atoms with van der Waals surface area (Å²) in [7, 11) is 0. The van der Waals surface area contributed by atoms with E-state index in [1.54, 1.807) is 24.5 Å². The lowest BCUT2D eigenvalue weighted by Gasteiger charge is -2.14. The van der Waals surface area contributed by atoms with Gasteiger partial charge in [0.05, 0.1) is 17.1 Å². The van der Waals surface area contributed by atoms with Gasteiger partial charge in [-0.2, -0.15) is 0 Å². The number of carbonyl (C=O) groups is 2. The fourth-order valence-corrected chi connectivity index (χ4v) is 2.82. The minimum atomic E-state index is -0.757. The molecule has 116 valence electrons. The van der Waals surface area contributed by atoms with E-state index in [2.05, 4.69) is 4.98 Å². The lowest BCUT2D eigenvalue weighted by atomic mass is 10.1. The smallest absolute Gasteiger partial charge is 0.296 e. The minimum Gasteiger partial charge on any atom is -0.502 e. The van der Waals surface area contributed by atoms with Gasteiger partial charge in [-0.3, -0.25) is 19.5 Å². The number of amides is 2. The summed E-state index contributed by atoms with van der Waals surface area (Å²) in [6.07, 6.45) is 3.12. The molecule has 0 aliphatic carbocycles. The largest absolute Gasteiger partial charge is 0.502 e. The first-order chi connectivity index (χ1) is 11.0. The summed E-state index contributed by atoms with van der Waals surface area (Å²) in [5.74, 6) is -1.98. The molecule has 1 aromatic heterocycles. The van der Waals surface area contributed by atoms with Crippen LogP contribution in [0.15, 0.2) is 48.5 Å². The molecular formula is C16H10Cl2N2O3. The van der Waals surface area contributed by atoms with Gasteiger partial charge in [0.25, 0.3) is 11.8 Å². The van der Waals surface area contributed by atoms with Gasteiger partial charge in [-0.1, -0.05) is 29.3 Å². The molecule has 0 atom stereocenters. The Labute approximate surface area is 141 Å². The van der Waals surface area contributed by atoms with Crippen molar-refractivity contribution in [3.63, 3.8) is 0 Å². The van der Waals surface area contributed by atoms with Crippen LogP contribution in [0.5, 0.6) is 0 Å². The van der Waals surface area contributed by atoms with Gasteiger partial charge in [0, 0.05) is 23.0 Å². The fourth-order valence-electron chi connectivity index (χ4n) is 2.31. The number of rotatable bonds is 3. The van der Waals surface area contributed by atoms with Crippen molar-refractivity contribution in [1.29, 1.82) is 0 Å². The molecule has 0 saturated heterocycles. The van der Waals surface area contributed by atoms with Crippen LogP contribution in [-0.4, -0.2) is 26.8 Å². The quantitative estimate of drug-likeness (QED) is 0.864. The van der Waals surface area contributed by atoms with Crippen LogP contribution < -0.4 is 0 Å². The number of hydrogen-bond acceptors (Lipinski definition) is 4. The molecule has 3 rings (SSSR count). The summed E-state index contributed by atoms with van der Waals surface area (Å²) in [5, 5.41) is 10.7. The van der Waals surface area contributed by atoms with Crippen molar-refractivity contribution in [3.8, 4) is 0 Å². The monoisotopic (exact) mass is 348 g/mol. The fraction of sp³-hybridized carbons (Fsp3) is 0.0625. The summed E-state index contributed by atoms with van der Waals surface area (Å²) in [6, 6.07) is 7.85. The molecule has 0 spiro atoms. The maximum absolute atomic E-state index is 12.5. The van der Waals surface area contributed by atoms with Crippen molar-refractivity contribution in [2.45, 2.75) is 6.54 Å². The van der Waals surface area contributed by atoms with Crippen LogP contribution in [0.4, 0.5) is 0 Å². The minimum absolute atomic E-state index is 0.0406. The van der Waals surface area contributed by atoms with E-state index >= 15 is 0 Å². The summed E-state index contributed by atoms with van der Waals surface area (Å²) in [5.41, 5.74) is 0.868. The van der Waals surface area contributed by atoms with Crippen molar-refractivity contribution in [1.82, 2.24) is 9.88 Å². The molecular weight excluding hydrogens is 339 g/mol. The zero-order valence-corrected chi connectivity index (χ0v) is 13.2. The molecule has 0 radical (unpaired) electrons. The van der Waals surface area contributed by atoms with Crippen LogP contribution in [0, 0.1) is 0 Å². The van der Waals surface area contributed by atoms with Crippen molar-refractivity contribution >= 4 is 40.6 Å². The molecule has 2 amide bonds. The van der Waals surface area contributed by atoms with E-state index < -0.39 is 17.6 Å². The van der Waals surface area contributed by atoms with Gasteiger partial charge in [0.15, 0.2) is 5.76 Å². The third-order valence-electron chi connectivity index (χ3n) is 3.43. The highest BCUT2D eigenvalue weighted by atomic mass is 35.5. The first kappa shape index (κ1) is 15.5. The van der Waals surface area contributed by atoms with E-state index in [-0.39, 0.29) is 22.7 Å². The molecule has 7 heteroatoms. The Kier molecular flexibility index (Phi) is 4.07. The number of aliphatic hydroxyl groups is 1. The molecule has 1 aliphatic rings. The molecule has 5 nitrogen and oxygen atoms in total. The SMILES string of the molecule is O=C1C(O)=C(c2ccc(Cl)cc2Cl)C(=O)N1Cc1ccncc1. The number of benzene rings is 1. The number of halogens is 2. The Morgan fingerprint density at radius 2 is 1.74 bits per heavy atom. The molecule has 1 aromatic carbocycles. The zero-order chi connectivity index (χ0) is 16.6. The lowest BCUT2D eigenvalue weighted by molar-refractivity contribution is -0.138. The molecule has 2 heterocycles. The van der Waals surface area contributed by atoms with E-state index in [1.807, 2.05) is 0 Å². The number of aromatic nitrogens is 1. The first-order valence-electron chi connectivity index (χ1n) is 6.63. The van der Waals surface area contributed by atoms with Crippen molar-refractivity contribution in [3.05, 3.63) is 69.7 Å². The molecule has 23 heavy (non-hydrogen) atoms. The highest BCUT2D eigenvalue weighted by Crippen LogP contribution is 2.34. The average Bonchev–Trinajstić information content (AvgIpc) is 2.73. The van der Waals surface area contributed by atoms with E-state index in [4.69, 9.17) is 23.2 Å². The maximum atomic E-state index is 12.5. The number of aliphatic hydroxyl groups excluding tert-OH is 1. The molecule has 1 N–H and O–H groups in total. The second-order valence-electron chi connectivity index (χ2n) is 4.90. The number of nitrogens with zero attached hydrogens (tertiary/aromatic N) is 2. The van der Waals surface area contributed by atoms with Gasteiger partial charge < -0.3 is 5.11 Å². The van der Waals surface area contributed by atoms with Crippen LogP contribution in [-0.2, 0) is 16.1 Å².